The molecule has 12 heteroatoms. The fourth-order valence-electron chi connectivity index (χ4n) is 5.65. The average Bonchev–Trinajstić information content (AvgIpc) is 3.50. The molecule has 3 aromatic carbocycles. The second-order valence-electron chi connectivity index (χ2n) is 10.8. The van der Waals surface area contributed by atoms with Gasteiger partial charge in [0.05, 0.1) is 24.1 Å². The normalized spacial score (nSPS) is 17.5. The lowest BCUT2D eigenvalue weighted by Gasteiger charge is -2.32. The van der Waals surface area contributed by atoms with Gasteiger partial charge in [-0.05, 0) is 41.8 Å². The van der Waals surface area contributed by atoms with Crippen LogP contribution in [0.2, 0.25) is 0 Å². The third-order valence-electron chi connectivity index (χ3n) is 7.85. The smallest absolute Gasteiger partial charge is 0.416 e. The lowest BCUT2D eigenvalue weighted by Crippen LogP contribution is -2.55. The van der Waals surface area contributed by atoms with Gasteiger partial charge in [-0.3, -0.25) is 4.79 Å². The second-order valence-corrected chi connectivity index (χ2v) is 12.6. The molecule has 1 fully saturated rings. The third kappa shape index (κ3) is 7.63. The van der Waals surface area contributed by atoms with Gasteiger partial charge >= 0.3 is 6.09 Å². The molecule has 2 amide bonds. The van der Waals surface area contributed by atoms with Crippen LogP contribution >= 0.6 is 0 Å². The van der Waals surface area contributed by atoms with Gasteiger partial charge in [0.25, 0.3) is 0 Å². The van der Waals surface area contributed by atoms with E-state index in [9.17, 15) is 18.0 Å². The summed E-state index contributed by atoms with van der Waals surface area (Å²) >= 11 is 0. The Kier molecular flexibility index (Phi) is 11.5. The number of hydrogen-bond acceptors (Lipinski definition) is 9. The van der Waals surface area contributed by atoms with E-state index in [0.29, 0.717) is 31.7 Å². The first-order valence-electron chi connectivity index (χ1n) is 14.7. The van der Waals surface area contributed by atoms with Crippen molar-refractivity contribution in [3.63, 3.8) is 0 Å². The number of carbonyl (C=O) groups is 2. The van der Waals surface area contributed by atoms with E-state index in [1.807, 2.05) is 67.6 Å². The minimum atomic E-state index is -3.80. The van der Waals surface area contributed by atoms with Crippen LogP contribution in [0.1, 0.15) is 30.4 Å². The molecular weight excluding hydrogens is 580 g/mol. The number of imide groups is 1. The van der Waals surface area contributed by atoms with E-state index in [1.165, 1.54) is 23.5 Å². The molecule has 3 aromatic rings. The Morgan fingerprint density at radius 2 is 1.55 bits per heavy atom. The Morgan fingerprint density at radius 3 is 2.09 bits per heavy atom. The van der Waals surface area contributed by atoms with Crippen molar-refractivity contribution < 1.29 is 22.7 Å². The predicted molar refractivity (Wildman–Crippen MR) is 170 cm³/mol. The molecule has 0 aliphatic carbocycles. The van der Waals surface area contributed by atoms with Gasteiger partial charge < -0.3 is 26.8 Å². The Labute approximate surface area is 259 Å². The molecule has 0 unspecified atom stereocenters. The van der Waals surface area contributed by atoms with Crippen molar-refractivity contribution in [1.82, 2.24) is 19.8 Å². The molecule has 3 atom stereocenters. The summed E-state index contributed by atoms with van der Waals surface area (Å²) in [7, 11) is -2.58. The molecule has 4 rings (SSSR count). The maximum Gasteiger partial charge on any atom is 0.416 e. The number of nitrogens with one attached hydrogen (secondary N) is 2. The van der Waals surface area contributed by atoms with Gasteiger partial charge in [-0.25, -0.2) is 18.1 Å². The number of sulfonamides is 1. The van der Waals surface area contributed by atoms with Crippen molar-refractivity contribution in [3.8, 4) is 0 Å². The third-order valence-corrected chi connectivity index (χ3v) is 9.79. The van der Waals surface area contributed by atoms with Crippen molar-refractivity contribution in [2.75, 3.05) is 45.6 Å². The number of nitrogen functional groups attached to an aromatic ring is 1. The molecule has 0 aromatic heterocycles. The number of anilines is 1. The summed E-state index contributed by atoms with van der Waals surface area (Å²) in [6.07, 6.45) is -0.184. The molecule has 1 saturated heterocycles. The fourth-order valence-corrected chi connectivity index (χ4v) is 7.40. The maximum atomic E-state index is 13.8. The lowest BCUT2D eigenvalue weighted by atomic mass is 9.85. The number of nitrogens with zero attached hydrogens (tertiary/aromatic N) is 2. The zero-order valence-corrected chi connectivity index (χ0v) is 26.0. The molecular formula is C32H42N6O5S. The van der Waals surface area contributed by atoms with Gasteiger partial charge in [-0.1, -0.05) is 67.6 Å². The van der Waals surface area contributed by atoms with Gasteiger partial charge in [0.15, 0.2) is 0 Å². The van der Waals surface area contributed by atoms with Crippen molar-refractivity contribution in [2.24, 2.45) is 5.73 Å². The van der Waals surface area contributed by atoms with E-state index in [4.69, 9.17) is 16.2 Å². The fraction of sp³-hybridized carbons (Fsp3) is 0.375. The highest BCUT2D eigenvalue weighted by molar-refractivity contribution is 7.89. The van der Waals surface area contributed by atoms with Gasteiger partial charge in [-0.2, -0.15) is 4.31 Å². The van der Waals surface area contributed by atoms with E-state index >= 15 is 0 Å². The Balaban J connectivity index is 1.49. The van der Waals surface area contributed by atoms with E-state index in [1.54, 1.807) is 12.1 Å². The minimum Gasteiger partial charge on any atom is -0.452 e. The highest BCUT2D eigenvalue weighted by Gasteiger charge is 2.39. The molecule has 11 nitrogen and oxygen atoms in total. The number of methoxy groups -OCH3 is 1. The number of rotatable bonds is 13. The first kappa shape index (κ1) is 33.1. The van der Waals surface area contributed by atoms with Crippen LogP contribution in [0.25, 0.3) is 0 Å². The Hall–Kier alpha value is -3.81. The average molecular weight is 623 g/mol. The zero-order valence-electron chi connectivity index (χ0n) is 25.1. The first-order valence-corrected chi connectivity index (χ1v) is 16.2. The Bertz CT molecular complexity index is 1430. The molecule has 0 saturated carbocycles. The number of benzene rings is 3. The Morgan fingerprint density at radius 1 is 0.955 bits per heavy atom. The van der Waals surface area contributed by atoms with E-state index < -0.39 is 34.0 Å². The van der Waals surface area contributed by atoms with Crippen molar-refractivity contribution in [1.29, 1.82) is 0 Å². The molecule has 1 aliphatic heterocycles. The van der Waals surface area contributed by atoms with Gasteiger partial charge in [0.1, 0.15) is 0 Å². The SMILES string of the molecule is CCCN([C@@H]1CNC[C@H]1NCCN(C(=O)OC)C(=O)[C@@H](N)C(c1ccccc1)c1ccccc1)S(=O)(=O)c1ccc(N)cc1. The number of ether oxygens (including phenoxy) is 1. The maximum absolute atomic E-state index is 13.8. The molecule has 0 radical (unpaired) electrons. The molecule has 0 bridgehead atoms. The van der Waals surface area contributed by atoms with Crippen LogP contribution < -0.4 is 22.1 Å². The van der Waals surface area contributed by atoms with Crippen LogP contribution in [0.4, 0.5) is 10.5 Å². The summed E-state index contributed by atoms with van der Waals surface area (Å²) in [5.74, 6) is -1.06. The monoisotopic (exact) mass is 622 g/mol. The van der Waals surface area contributed by atoms with Crippen LogP contribution in [-0.2, 0) is 19.6 Å². The highest BCUT2D eigenvalue weighted by Crippen LogP contribution is 2.28. The van der Waals surface area contributed by atoms with Gasteiger partial charge in [0.2, 0.25) is 15.9 Å². The quantitative estimate of drug-likeness (QED) is 0.210. The highest BCUT2D eigenvalue weighted by atomic mass is 32.2. The summed E-state index contributed by atoms with van der Waals surface area (Å²) in [6.45, 7) is 3.41. The second kappa shape index (κ2) is 15.3. The van der Waals surface area contributed by atoms with E-state index in [2.05, 4.69) is 10.6 Å². The summed E-state index contributed by atoms with van der Waals surface area (Å²) in [5.41, 5.74) is 14.6. The topological polar surface area (TPSA) is 160 Å². The largest absolute Gasteiger partial charge is 0.452 e. The van der Waals surface area contributed by atoms with Crippen LogP contribution in [0.15, 0.2) is 89.8 Å². The number of nitrogens with two attached hydrogens (primary N) is 2. The van der Waals surface area contributed by atoms with E-state index in [0.717, 1.165) is 16.0 Å². The molecule has 6 N–H and O–H groups in total. The van der Waals surface area contributed by atoms with Gasteiger partial charge in [0, 0.05) is 50.4 Å². The number of amides is 2. The molecule has 236 valence electrons. The summed E-state index contributed by atoms with van der Waals surface area (Å²) in [4.78, 5) is 27.8. The predicted octanol–water partition coefficient (Wildman–Crippen LogP) is 2.35. The number of hydrogen-bond donors (Lipinski definition) is 4. The molecule has 44 heavy (non-hydrogen) atoms. The van der Waals surface area contributed by atoms with E-state index in [-0.39, 0.29) is 30.1 Å². The summed E-state index contributed by atoms with van der Waals surface area (Å²) < 4.78 is 33.8. The van der Waals surface area contributed by atoms with Crippen molar-refractivity contribution in [3.05, 3.63) is 96.1 Å². The minimum absolute atomic E-state index is 0.0167. The van der Waals surface area contributed by atoms with Crippen LogP contribution in [-0.4, -0.2) is 87.6 Å². The standard InChI is InChI=1S/C32H42N6O5S/c1-3-19-38(44(41,42)26-16-14-25(33)15-17-26)28-22-35-21-27(28)36-18-20-37(32(40)43-2)31(39)30(34)29(23-10-6-4-7-11-23)24-12-8-5-9-13-24/h4-17,27-30,35-36H,3,18-22,33-34H2,1-2H3/t27-,28-,30+/m1/s1. The zero-order chi connectivity index (χ0) is 31.7. The lowest BCUT2D eigenvalue weighted by molar-refractivity contribution is -0.131. The van der Waals surface area contributed by atoms with Crippen LogP contribution in [0.3, 0.4) is 0 Å². The first-order chi connectivity index (χ1) is 21.2. The van der Waals surface area contributed by atoms with Crippen LogP contribution in [0.5, 0.6) is 0 Å². The molecule has 1 heterocycles. The summed E-state index contributed by atoms with van der Waals surface area (Å²) in [5, 5.41) is 6.65. The summed E-state index contributed by atoms with van der Waals surface area (Å²) in [6, 6.07) is 23.4. The number of carbonyl (C=O) groups excluding carboxylic acids is 2. The van der Waals surface area contributed by atoms with Crippen molar-refractivity contribution in [2.45, 2.75) is 42.3 Å². The van der Waals surface area contributed by atoms with Crippen LogP contribution in [0, 0.1) is 0 Å². The molecule has 1 aliphatic rings. The van der Waals surface area contributed by atoms with Crippen molar-refractivity contribution >= 4 is 27.7 Å². The van der Waals surface area contributed by atoms with Gasteiger partial charge in [-0.15, -0.1) is 0 Å². The molecule has 0 spiro atoms.